The number of hydrogen-bond donors (Lipinski definition) is 0. The highest BCUT2D eigenvalue weighted by Gasteiger charge is 2.29. The number of nitrogens with zero attached hydrogens (tertiary/aromatic N) is 2. The summed E-state index contributed by atoms with van der Waals surface area (Å²) in [6, 6.07) is 12.2. The first-order chi connectivity index (χ1) is 14.0. The van der Waals surface area contributed by atoms with Gasteiger partial charge in [-0.25, -0.2) is 4.79 Å². The summed E-state index contributed by atoms with van der Waals surface area (Å²) in [6.45, 7) is 6.77. The third-order valence-electron chi connectivity index (χ3n) is 5.87. The van der Waals surface area contributed by atoms with Gasteiger partial charge >= 0.3 is 5.97 Å². The van der Waals surface area contributed by atoms with Gasteiger partial charge in [0.05, 0.1) is 0 Å². The number of amides is 1. The molecule has 0 spiro atoms. The minimum atomic E-state index is -0.760. The third-order valence-corrected chi connectivity index (χ3v) is 7.09. The van der Waals surface area contributed by atoms with Gasteiger partial charge in [0, 0.05) is 36.7 Å². The SMILES string of the molecule is C[C@@H]1CCc2sc(C(=O)O[C@@H](C)C(=O)N3CCN(c4ccccc4)CC3)cc2C1. The smallest absolute Gasteiger partial charge is 0.349 e. The molecule has 1 amide bonds. The van der Waals surface area contributed by atoms with Crippen molar-refractivity contribution in [2.75, 3.05) is 31.1 Å². The predicted octanol–water partition coefficient (Wildman–Crippen LogP) is 3.77. The van der Waals surface area contributed by atoms with Crippen molar-refractivity contribution in [2.45, 2.75) is 39.2 Å². The number of anilines is 1. The van der Waals surface area contributed by atoms with Crippen molar-refractivity contribution < 1.29 is 14.3 Å². The molecule has 1 saturated heterocycles. The Kier molecular flexibility index (Phi) is 5.90. The molecule has 0 saturated carbocycles. The zero-order valence-electron chi connectivity index (χ0n) is 17.1. The summed E-state index contributed by atoms with van der Waals surface area (Å²) in [6.07, 6.45) is 2.48. The molecule has 1 fully saturated rings. The summed E-state index contributed by atoms with van der Waals surface area (Å²) < 4.78 is 5.53. The minimum Gasteiger partial charge on any atom is -0.448 e. The lowest BCUT2D eigenvalue weighted by atomic mass is 9.90. The van der Waals surface area contributed by atoms with E-state index in [1.807, 2.05) is 24.3 Å². The van der Waals surface area contributed by atoms with Gasteiger partial charge in [0.15, 0.2) is 6.10 Å². The van der Waals surface area contributed by atoms with Crippen LogP contribution < -0.4 is 4.90 Å². The Morgan fingerprint density at radius 3 is 2.59 bits per heavy atom. The molecule has 2 atom stereocenters. The van der Waals surface area contributed by atoms with E-state index >= 15 is 0 Å². The van der Waals surface area contributed by atoms with E-state index in [4.69, 9.17) is 4.74 Å². The highest BCUT2D eigenvalue weighted by molar-refractivity contribution is 7.14. The van der Waals surface area contributed by atoms with Crippen LogP contribution in [0.5, 0.6) is 0 Å². The summed E-state index contributed by atoms with van der Waals surface area (Å²) >= 11 is 1.53. The number of rotatable bonds is 4. The van der Waals surface area contributed by atoms with Crippen molar-refractivity contribution in [3.05, 3.63) is 51.7 Å². The number of ether oxygens (including phenoxy) is 1. The molecular weight excluding hydrogens is 384 g/mol. The third kappa shape index (κ3) is 4.47. The standard InChI is InChI=1S/C23H28N2O3S/c1-16-8-9-20-18(14-16)15-21(29-20)23(27)28-17(2)22(26)25-12-10-24(11-13-25)19-6-4-3-5-7-19/h3-7,15-17H,8-14H2,1-2H3/t16-,17+/m1/s1. The van der Waals surface area contributed by atoms with Crippen LogP contribution in [0.3, 0.4) is 0 Å². The maximum absolute atomic E-state index is 12.8. The molecule has 29 heavy (non-hydrogen) atoms. The Labute approximate surface area is 176 Å². The molecule has 2 aromatic rings. The first kappa shape index (κ1) is 20.0. The zero-order chi connectivity index (χ0) is 20.4. The molecule has 2 aliphatic rings. The summed E-state index contributed by atoms with van der Waals surface area (Å²) in [5.41, 5.74) is 2.45. The summed E-state index contributed by atoms with van der Waals surface area (Å²) in [5, 5.41) is 0. The molecule has 1 aromatic heterocycles. The Balaban J connectivity index is 1.31. The monoisotopic (exact) mass is 412 g/mol. The topological polar surface area (TPSA) is 49.9 Å². The van der Waals surface area contributed by atoms with Gasteiger partial charge in [-0.05, 0) is 55.9 Å². The van der Waals surface area contributed by atoms with Gasteiger partial charge in [-0.1, -0.05) is 25.1 Å². The van der Waals surface area contributed by atoms with E-state index < -0.39 is 6.10 Å². The predicted molar refractivity (Wildman–Crippen MR) is 116 cm³/mol. The van der Waals surface area contributed by atoms with Gasteiger partial charge < -0.3 is 14.5 Å². The lowest BCUT2D eigenvalue weighted by Crippen LogP contribution is -2.51. The maximum atomic E-state index is 12.8. The minimum absolute atomic E-state index is 0.110. The quantitative estimate of drug-likeness (QED) is 0.718. The van der Waals surface area contributed by atoms with Crippen LogP contribution in [0.4, 0.5) is 5.69 Å². The van der Waals surface area contributed by atoms with Crippen molar-refractivity contribution in [3.8, 4) is 0 Å². The largest absolute Gasteiger partial charge is 0.448 e. The van der Waals surface area contributed by atoms with E-state index in [9.17, 15) is 9.59 Å². The van der Waals surface area contributed by atoms with Crippen molar-refractivity contribution in [1.29, 1.82) is 0 Å². The van der Waals surface area contributed by atoms with E-state index in [2.05, 4.69) is 24.0 Å². The fraction of sp³-hybridized carbons (Fsp3) is 0.478. The van der Waals surface area contributed by atoms with E-state index in [0.29, 0.717) is 23.9 Å². The molecule has 4 rings (SSSR count). The Morgan fingerprint density at radius 2 is 1.86 bits per heavy atom. The molecule has 154 valence electrons. The van der Waals surface area contributed by atoms with Crippen LogP contribution in [-0.2, 0) is 22.4 Å². The lowest BCUT2D eigenvalue weighted by Gasteiger charge is -2.37. The Morgan fingerprint density at radius 1 is 1.14 bits per heavy atom. The second-order valence-electron chi connectivity index (χ2n) is 8.10. The number of fused-ring (bicyclic) bond motifs is 1. The molecule has 1 aliphatic carbocycles. The highest BCUT2D eigenvalue weighted by Crippen LogP contribution is 2.32. The number of piperazine rings is 1. The fourth-order valence-corrected chi connectivity index (χ4v) is 5.25. The van der Waals surface area contributed by atoms with Crippen molar-refractivity contribution in [1.82, 2.24) is 4.90 Å². The summed E-state index contributed by atoms with van der Waals surface area (Å²) in [5.74, 6) is 0.179. The maximum Gasteiger partial charge on any atom is 0.349 e. The van der Waals surface area contributed by atoms with Crippen LogP contribution >= 0.6 is 11.3 Å². The molecule has 1 aromatic carbocycles. The summed E-state index contributed by atoms with van der Waals surface area (Å²) in [7, 11) is 0. The average molecular weight is 413 g/mol. The first-order valence-electron chi connectivity index (χ1n) is 10.4. The number of thiophene rings is 1. The first-order valence-corrected chi connectivity index (χ1v) is 11.2. The van der Waals surface area contributed by atoms with Crippen LogP contribution in [-0.4, -0.2) is 49.1 Å². The van der Waals surface area contributed by atoms with Crippen molar-refractivity contribution in [3.63, 3.8) is 0 Å². The van der Waals surface area contributed by atoms with Gasteiger partial charge in [0.2, 0.25) is 0 Å². The van der Waals surface area contributed by atoms with Crippen LogP contribution in [0.1, 0.15) is 40.4 Å². The number of aryl methyl sites for hydroxylation is 1. The lowest BCUT2D eigenvalue weighted by molar-refractivity contribution is -0.140. The van der Waals surface area contributed by atoms with Gasteiger partial charge in [-0.15, -0.1) is 11.3 Å². The molecule has 0 N–H and O–H groups in total. The number of para-hydroxylation sites is 1. The van der Waals surface area contributed by atoms with Crippen molar-refractivity contribution >= 4 is 28.9 Å². The number of hydrogen-bond acceptors (Lipinski definition) is 5. The Bertz CT molecular complexity index is 872. The summed E-state index contributed by atoms with van der Waals surface area (Å²) in [4.78, 5) is 31.4. The Hall–Kier alpha value is -2.34. The second-order valence-corrected chi connectivity index (χ2v) is 9.24. The average Bonchev–Trinajstić information content (AvgIpc) is 3.17. The normalized spacial score (nSPS) is 20.1. The number of esters is 1. The van der Waals surface area contributed by atoms with E-state index in [0.717, 1.165) is 25.9 Å². The fourth-order valence-electron chi connectivity index (χ4n) is 4.16. The van der Waals surface area contributed by atoms with Gasteiger partial charge in [0.1, 0.15) is 4.88 Å². The molecule has 0 bridgehead atoms. The van der Waals surface area contributed by atoms with E-state index in [1.165, 1.54) is 33.9 Å². The molecule has 0 radical (unpaired) electrons. The number of carbonyl (C=O) groups excluding carboxylic acids is 2. The van der Waals surface area contributed by atoms with Crippen LogP contribution in [0, 0.1) is 5.92 Å². The van der Waals surface area contributed by atoms with Gasteiger partial charge in [0.25, 0.3) is 5.91 Å². The second kappa shape index (κ2) is 8.57. The van der Waals surface area contributed by atoms with Crippen LogP contribution in [0.2, 0.25) is 0 Å². The van der Waals surface area contributed by atoms with E-state index in [1.54, 1.807) is 11.8 Å². The molecule has 0 unspecified atom stereocenters. The molecule has 1 aliphatic heterocycles. The zero-order valence-corrected chi connectivity index (χ0v) is 17.9. The van der Waals surface area contributed by atoms with Gasteiger partial charge in [-0.3, -0.25) is 4.79 Å². The van der Waals surface area contributed by atoms with E-state index in [-0.39, 0.29) is 11.9 Å². The van der Waals surface area contributed by atoms with Gasteiger partial charge in [-0.2, -0.15) is 0 Å². The van der Waals surface area contributed by atoms with Crippen LogP contribution in [0.25, 0.3) is 0 Å². The molecular formula is C23H28N2O3S. The molecule has 2 heterocycles. The van der Waals surface area contributed by atoms with Crippen molar-refractivity contribution in [2.24, 2.45) is 5.92 Å². The number of benzene rings is 1. The molecule has 6 heteroatoms. The highest BCUT2D eigenvalue weighted by atomic mass is 32.1. The molecule has 5 nitrogen and oxygen atoms in total. The number of carbonyl (C=O) groups is 2. The van der Waals surface area contributed by atoms with Crippen LogP contribution in [0.15, 0.2) is 36.4 Å².